The van der Waals surface area contributed by atoms with Gasteiger partial charge in [0.25, 0.3) is 0 Å². The molecule has 0 unspecified atom stereocenters. The molecule has 0 saturated heterocycles. The van der Waals surface area contributed by atoms with E-state index in [1.54, 1.807) is 6.07 Å². The number of rotatable bonds is 3. The predicted molar refractivity (Wildman–Crippen MR) is 94.6 cm³/mol. The van der Waals surface area contributed by atoms with Gasteiger partial charge >= 0.3 is 0 Å². The third-order valence-electron chi connectivity index (χ3n) is 3.55. The summed E-state index contributed by atoms with van der Waals surface area (Å²) in [5.41, 5.74) is 4.10. The van der Waals surface area contributed by atoms with Gasteiger partial charge in [0.05, 0.1) is 16.6 Å². The molecular weight excluding hydrogens is 375 g/mol. The number of imidazole rings is 1. The van der Waals surface area contributed by atoms with Crippen LogP contribution in [0.4, 0.5) is 0 Å². The maximum Gasteiger partial charge on any atom is 0.144 e. The lowest BCUT2D eigenvalue weighted by Crippen LogP contribution is -2.00. The van der Waals surface area contributed by atoms with Crippen molar-refractivity contribution in [2.45, 2.75) is 26.8 Å². The molecule has 3 aromatic rings. The van der Waals surface area contributed by atoms with E-state index in [2.05, 4.69) is 59.2 Å². The van der Waals surface area contributed by atoms with Crippen molar-refractivity contribution in [1.82, 2.24) is 9.55 Å². The molecule has 0 radical (unpaired) electrons. The van der Waals surface area contributed by atoms with E-state index < -0.39 is 0 Å². The van der Waals surface area contributed by atoms with Gasteiger partial charge in [0.2, 0.25) is 0 Å². The maximum absolute atomic E-state index is 10.2. The molecule has 1 heterocycles. The Balaban J connectivity index is 2.30. The zero-order chi connectivity index (χ0) is 15.0. The minimum Gasteiger partial charge on any atom is -0.507 e. The number of fused-ring (bicyclic) bond motifs is 1. The Morgan fingerprint density at radius 3 is 2.76 bits per heavy atom. The van der Waals surface area contributed by atoms with Crippen LogP contribution in [-0.4, -0.2) is 14.7 Å². The van der Waals surface area contributed by atoms with E-state index in [4.69, 9.17) is 4.98 Å². The van der Waals surface area contributed by atoms with Crippen LogP contribution in [0.15, 0.2) is 36.4 Å². The highest BCUT2D eigenvalue weighted by Crippen LogP contribution is 2.32. The Kier molecular flexibility index (Phi) is 3.89. The summed E-state index contributed by atoms with van der Waals surface area (Å²) >= 11 is 2.26. The average Bonchev–Trinajstić information content (AvgIpc) is 2.80. The van der Waals surface area contributed by atoms with Gasteiger partial charge in [-0.3, -0.25) is 0 Å². The topological polar surface area (TPSA) is 38.0 Å². The quantitative estimate of drug-likeness (QED) is 0.655. The summed E-state index contributed by atoms with van der Waals surface area (Å²) in [5.74, 6) is 1.12. The van der Waals surface area contributed by atoms with Crippen molar-refractivity contribution in [2.75, 3.05) is 0 Å². The number of phenolic OH excluding ortho intramolecular Hbond substituents is 1. The lowest BCUT2D eigenvalue weighted by atomic mass is 10.2. The summed E-state index contributed by atoms with van der Waals surface area (Å²) in [6.07, 6.45) is 1.02. The van der Waals surface area contributed by atoms with Crippen LogP contribution in [-0.2, 0) is 6.54 Å². The number of aryl methyl sites for hydroxylation is 2. The van der Waals surface area contributed by atoms with Crippen LogP contribution in [0, 0.1) is 10.5 Å². The minimum atomic E-state index is 0.278. The van der Waals surface area contributed by atoms with Gasteiger partial charge < -0.3 is 9.67 Å². The van der Waals surface area contributed by atoms with Gasteiger partial charge in [-0.15, -0.1) is 0 Å². The Hall–Kier alpha value is -1.56. The number of aromatic nitrogens is 2. The largest absolute Gasteiger partial charge is 0.507 e. The molecule has 0 aliphatic heterocycles. The molecule has 0 spiro atoms. The first kappa shape index (κ1) is 14.4. The fourth-order valence-electron chi connectivity index (χ4n) is 2.58. The predicted octanol–water partition coefficient (Wildman–Crippen LogP) is 4.73. The Morgan fingerprint density at radius 1 is 1.19 bits per heavy atom. The number of halogens is 1. The van der Waals surface area contributed by atoms with Crippen LogP contribution >= 0.6 is 22.6 Å². The number of aromatic hydroxyl groups is 1. The lowest BCUT2D eigenvalue weighted by molar-refractivity contribution is 0.476. The van der Waals surface area contributed by atoms with Gasteiger partial charge in [0.15, 0.2) is 0 Å². The van der Waals surface area contributed by atoms with Gasteiger partial charge in [0.1, 0.15) is 11.6 Å². The summed E-state index contributed by atoms with van der Waals surface area (Å²) < 4.78 is 3.28. The molecule has 1 N–H and O–H groups in total. The number of hydrogen-bond acceptors (Lipinski definition) is 2. The monoisotopic (exact) mass is 392 g/mol. The van der Waals surface area contributed by atoms with Gasteiger partial charge in [-0.1, -0.05) is 13.0 Å². The van der Waals surface area contributed by atoms with E-state index in [-0.39, 0.29) is 5.75 Å². The zero-order valence-electron chi connectivity index (χ0n) is 12.1. The second-order valence-corrected chi connectivity index (χ2v) is 6.49. The molecule has 0 bridgehead atoms. The highest BCUT2D eigenvalue weighted by Gasteiger charge is 2.15. The number of phenols is 1. The third-order valence-corrected chi connectivity index (χ3v) is 4.22. The second-order valence-electron chi connectivity index (χ2n) is 5.24. The van der Waals surface area contributed by atoms with Crippen LogP contribution < -0.4 is 0 Å². The molecule has 4 heteroatoms. The second kappa shape index (κ2) is 5.67. The van der Waals surface area contributed by atoms with Gasteiger partial charge in [-0.05, 0) is 71.8 Å². The minimum absolute atomic E-state index is 0.278. The number of hydrogen-bond donors (Lipinski definition) is 1. The number of benzene rings is 2. The SMILES string of the molecule is CCCn1c(-c2cc(I)ccc2O)nc2cc(C)ccc21. The fourth-order valence-corrected chi connectivity index (χ4v) is 3.07. The molecule has 0 aliphatic carbocycles. The van der Waals surface area contributed by atoms with Crippen molar-refractivity contribution in [3.63, 3.8) is 0 Å². The maximum atomic E-state index is 10.2. The standard InChI is InChI=1S/C17H17IN2O/c1-3-8-20-15-6-4-11(2)9-14(15)19-17(20)13-10-12(18)5-7-16(13)21/h4-7,9-10,21H,3,8H2,1-2H3. The van der Waals surface area contributed by atoms with Gasteiger partial charge in [-0.25, -0.2) is 4.98 Å². The Morgan fingerprint density at radius 2 is 2.00 bits per heavy atom. The van der Waals surface area contributed by atoms with Gasteiger partial charge in [0, 0.05) is 10.1 Å². The Labute approximate surface area is 137 Å². The van der Waals surface area contributed by atoms with E-state index in [9.17, 15) is 5.11 Å². The summed E-state index contributed by atoms with van der Waals surface area (Å²) in [7, 11) is 0. The molecule has 3 rings (SSSR count). The van der Waals surface area contributed by atoms with Crippen molar-refractivity contribution >= 4 is 33.6 Å². The molecule has 0 amide bonds. The highest BCUT2D eigenvalue weighted by molar-refractivity contribution is 14.1. The fraction of sp³-hybridized carbons (Fsp3) is 0.235. The van der Waals surface area contributed by atoms with Crippen molar-refractivity contribution in [3.05, 3.63) is 45.5 Å². The summed E-state index contributed by atoms with van der Waals surface area (Å²) in [6, 6.07) is 11.9. The summed E-state index contributed by atoms with van der Waals surface area (Å²) in [4.78, 5) is 4.76. The van der Waals surface area contributed by atoms with E-state index in [1.165, 1.54) is 5.56 Å². The van der Waals surface area contributed by atoms with Crippen molar-refractivity contribution < 1.29 is 5.11 Å². The first-order valence-corrected chi connectivity index (χ1v) is 8.14. The van der Waals surface area contributed by atoms with Crippen LogP contribution in [0.1, 0.15) is 18.9 Å². The van der Waals surface area contributed by atoms with Crippen molar-refractivity contribution in [3.8, 4) is 17.1 Å². The smallest absolute Gasteiger partial charge is 0.144 e. The molecule has 1 aromatic heterocycles. The molecule has 0 aliphatic rings. The summed E-state index contributed by atoms with van der Waals surface area (Å²) in [6.45, 7) is 5.11. The molecule has 0 saturated carbocycles. The first-order chi connectivity index (χ1) is 10.1. The molecule has 3 nitrogen and oxygen atoms in total. The molecule has 0 atom stereocenters. The molecule has 108 valence electrons. The van der Waals surface area contributed by atoms with Crippen LogP contribution in [0.25, 0.3) is 22.4 Å². The van der Waals surface area contributed by atoms with E-state index in [0.717, 1.165) is 39.0 Å². The third kappa shape index (κ3) is 2.64. The van der Waals surface area contributed by atoms with Gasteiger partial charge in [-0.2, -0.15) is 0 Å². The molecule has 21 heavy (non-hydrogen) atoms. The van der Waals surface area contributed by atoms with Crippen molar-refractivity contribution in [2.24, 2.45) is 0 Å². The van der Waals surface area contributed by atoms with Crippen LogP contribution in [0.5, 0.6) is 5.75 Å². The summed E-state index contributed by atoms with van der Waals surface area (Å²) in [5, 5.41) is 10.2. The van der Waals surface area contributed by atoms with Crippen LogP contribution in [0.2, 0.25) is 0 Å². The lowest BCUT2D eigenvalue weighted by Gasteiger charge is -2.09. The molecule has 2 aromatic carbocycles. The zero-order valence-corrected chi connectivity index (χ0v) is 14.3. The Bertz CT molecular complexity index is 808. The highest BCUT2D eigenvalue weighted by atomic mass is 127. The van der Waals surface area contributed by atoms with Crippen molar-refractivity contribution in [1.29, 1.82) is 0 Å². The molecule has 0 fully saturated rings. The first-order valence-electron chi connectivity index (χ1n) is 7.06. The van der Waals surface area contributed by atoms with E-state index >= 15 is 0 Å². The van der Waals surface area contributed by atoms with E-state index in [0.29, 0.717) is 0 Å². The average molecular weight is 392 g/mol. The normalized spacial score (nSPS) is 11.2. The van der Waals surface area contributed by atoms with E-state index in [1.807, 2.05) is 12.1 Å². The van der Waals surface area contributed by atoms with Crippen LogP contribution in [0.3, 0.4) is 0 Å². The molecular formula is C17H17IN2O. The number of nitrogens with zero attached hydrogens (tertiary/aromatic N) is 2.